The fourth-order valence-electron chi connectivity index (χ4n) is 6.09. The zero-order chi connectivity index (χ0) is 31.9. The number of anilines is 1. The van der Waals surface area contributed by atoms with Gasteiger partial charge in [-0.2, -0.15) is 0 Å². The minimum absolute atomic E-state index is 0.0561. The number of nitrogens with one attached hydrogen (secondary N) is 1. The standard InChI is InChI=1S/C40H44N2O3/c1-27(2)23-29-14-18-31(19-15-29)39(32-20-16-30(17-21-32)24-28(3)4)41-34-10-7-9-33(25-34)40(45)36-26-35(11-8-13-38(43)44)42-22-6-5-12-37(36)42/h5-7,9-10,12,14-22,25-28,39,41H,8,11,13,23-24H2,1-4H3,(H,43,44). The van der Waals surface area contributed by atoms with Crippen molar-refractivity contribution in [3.8, 4) is 0 Å². The first-order valence-electron chi connectivity index (χ1n) is 16.1. The summed E-state index contributed by atoms with van der Waals surface area (Å²) >= 11 is 0. The van der Waals surface area contributed by atoms with E-state index in [0.29, 0.717) is 35.8 Å². The summed E-state index contributed by atoms with van der Waals surface area (Å²) in [6.45, 7) is 8.95. The van der Waals surface area contributed by atoms with E-state index < -0.39 is 5.97 Å². The Kier molecular flexibility index (Phi) is 10.2. The Morgan fingerprint density at radius 1 is 0.756 bits per heavy atom. The van der Waals surface area contributed by atoms with Gasteiger partial charge in [-0.05, 0) is 90.1 Å². The van der Waals surface area contributed by atoms with E-state index >= 15 is 0 Å². The van der Waals surface area contributed by atoms with Gasteiger partial charge < -0.3 is 14.8 Å². The predicted molar refractivity (Wildman–Crippen MR) is 183 cm³/mol. The number of nitrogens with zero attached hydrogens (tertiary/aromatic N) is 1. The molecular weight excluding hydrogens is 556 g/mol. The molecule has 0 radical (unpaired) electrons. The molecule has 0 aliphatic carbocycles. The van der Waals surface area contributed by atoms with Crippen LogP contribution in [0.5, 0.6) is 0 Å². The summed E-state index contributed by atoms with van der Waals surface area (Å²) in [5.74, 6) is 0.321. The SMILES string of the molecule is CC(C)Cc1ccc(C(Nc2cccc(C(=O)c3cc(CCCC(=O)O)n4ccccc34)c2)c2ccc(CC(C)C)cc2)cc1. The fraction of sp³-hybridized carbons (Fsp3) is 0.300. The quantitative estimate of drug-likeness (QED) is 0.125. The molecule has 0 unspecified atom stereocenters. The number of carboxylic acids is 1. The summed E-state index contributed by atoms with van der Waals surface area (Å²) in [6.07, 6.45) is 5.22. The number of carbonyl (C=O) groups is 2. The van der Waals surface area contributed by atoms with E-state index in [2.05, 4.69) is 81.5 Å². The monoisotopic (exact) mass is 600 g/mol. The molecule has 0 amide bonds. The molecule has 45 heavy (non-hydrogen) atoms. The van der Waals surface area contributed by atoms with Crippen LogP contribution in [0, 0.1) is 11.8 Å². The largest absolute Gasteiger partial charge is 0.481 e. The highest BCUT2D eigenvalue weighted by Gasteiger charge is 2.19. The van der Waals surface area contributed by atoms with Crippen molar-refractivity contribution in [2.75, 3.05) is 5.32 Å². The number of aromatic nitrogens is 1. The molecule has 2 aromatic heterocycles. The molecule has 0 spiro atoms. The lowest BCUT2D eigenvalue weighted by Crippen LogP contribution is -2.13. The number of ketones is 1. The lowest BCUT2D eigenvalue weighted by atomic mass is 9.93. The zero-order valence-electron chi connectivity index (χ0n) is 26.8. The van der Waals surface area contributed by atoms with E-state index in [9.17, 15) is 9.59 Å². The number of fused-ring (bicyclic) bond motifs is 1. The van der Waals surface area contributed by atoms with E-state index in [-0.39, 0.29) is 18.2 Å². The van der Waals surface area contributed by atoms with Crippen LogP contribution in [0.4, 0.5) is 5.69 Å². The van der Waals surface area contributed by atoms with Gasteiger partial charge in [-0.25, -0.2) is 0 Å². The third-order valence-electron chi connectivity index (χ3n) is 8.17. The van der Waals surface area contributed by atoms with Gasteiger partial charge in [0.05, 0.1) is 11.6 Å². The highest BCUT2D eigenvalue weighted by Crippen LogP contribution is 2.30. The number of hydrogen-bond acceptors (Lipinski definition) is 3. The number of aliphatic carboxylic acids is 1. The highest BCUT2D eigenvalue weighted by atomic mass is 16.4. The number of carboxylic acid groups (broad SMARTS) is 1. The van der Waals surface area contributed by atoms with Crippen LogP contribution >= 0.6 is 0 Å². The Hall–Kier alpha value is -4.64. The lowest BCUT2D eigenvalue weighted by Gasteiger charge is -2.22. The van der Waals surface area contributed by atoms with Gasteiger partial charge in [-0.3, -0.25) is 9.59 Å². The van der Waals surface area contributed by atoms with Crippen LogP contribution in [0.1, 0.15) is 90.4 Å². The average molecular weight is 601 g/mol. The molecule has 0 bridgehead atoms. The van der Waals surface area contributed by atoms with Crippen LogP contribution in [-0.2, 0) is 24.1 Å². The Balaban J connectivity index is 1.44. The summed E-state index contributed by atoms with van der Waals surface area (Å²) in [5.41, 5.74) is 8.85. The van der Waals surface area contributed by atoms with E-state index in [1.54, 1.807) is 0 Å². The van der Waals surface area contributed by atoms with Crippen LogP contribution in [0.2, 0.25) is 0 Å². The van der Waals surface area contributed by atoms with Gasteiger partial charge in [0.25, 0.3) is 0 Å². The number of aryl methyl sites for hydroxylation is 1. The molecule has 232 valence electrons. The molecule has 5 rings (SSSR count). The summed E-state index contributed by atoms with van der Waals surface area (Å²) in [5, 5.41) is 12.8. The first-order chi connectivity index (χ1) is 21.7. The molecule has 0 aliphatic heterocycles. The van der Waals surface area contributed by atoms with Crippen LogP contribution in [0.15, 0.2) is 103 Å². The number of hydrogen-bond donors (Lipinski definition) is 2. The van der Waals surface area contributed by atoms with E-state index in [0.717, 1.165) is 29.7 Å². The van der Waals surface area contributed by atoms with Gasteiger partial charge in [-0.15, -0.1) is 0 Å². The summed E-state index contributed by atoms with van der Waals surface area (Å²) < 4.78 is 2.00. The minimum atomic E-state index is -0.812. The van der Waals surface area contributed by atoms with E-state index in [4.69, 9.17) is 5.11 Å². The maximum atomic E-state index is 13.9. The second-order valence-corrected chi connectivity index (χ2v) is 12.9. The molecule has 0 aliphatic rings. The number of benzene rings is 3. The first-order valence-corrected chi connectivity index (χ1v) is 16.1. The van der Waals surface area contributed by atoms with Gasteiger partial charge in [0.2, 0.25) is 0 Å². The van der Waals surface area contributed by atoms with Crippen molar-refractivity contribution in [2.45, 2.75) is 65.8 Å². The lowest BCUT2D eigenvalue weighted by molar-refractivity contribution is -0.137. The van der Waals surface area contributed by atoms with Crippen LogP contribution in [0.3, 0.4) is 0 Å². The van der Waals surface area contributed by atoms with Crippen LogP contribution in [0.25, 0.3) is 5.52 Å². The molecule has 3 aromatic carbocycles. The van der Waals surface area contributed by atoms with Crippen LogP contribution in [-0.4, -0.2) is 21.3 Å². The highest BCUT2D eigenvalue weighted by molar-refractivity contribution is 6.13. The summed E-state index contributed by atoms with van der Waals surface area (Å²) in [7, 11) is 0. The van der Waals surface area contributed by atoms with Crippen molar-refractivity contribution in [2.24, 2.45) is 11.8 Å². The minimum Gasteiger partial charge on any atom is -0.481 e. The van der Waals surface area contributed by atoms with Crippen molar-refractivity contribution in [3.63, 3.8) is 0 Å². The van der Waals surface area contributed by atoms with E-state index in [1.165, 1.54) is 22.3 Å². The molecular formula is C40H44N2O3. The maximum Gasteiger partial charge on any atom is 0.303 e. The molecule has 5 heteroatoms. The number of rotatable bonds is 14. The van der Waals surface area contributed by atoms with E-state index in [1.807, 2.05) is 59.1 Å². The van der Waals surface area contributed by atoms with Crippen molar-refractivity contribution in [3.05, 3.63) is 142 Å². The predicted octanol–water partition coefficient (Wildman–Crippen LogP) is 9.18. The molecule has 5 nitrogen and oxygen atoms in total. The molecule has 0 atom stereocenters. The summed E-state index contributed by atoms with van der Waals surface area (Å²) in [4.78, 5) is 25.0. The van der Waals surface area contributed by atoms with Gasteiger partial charge in [0, 0.05) is 35.1 Å². The Bertz CT molecular complexity index is 1690. The van der Waals surface area contributed by atoms with Crippen molar-refractivity contribution in [1.82, 2.24) is 4.40 Å². The van der Waals surface area contributed by atoms with Crippen molar-refractivity contribution in [1.29, 1.82) is 0 Å². The number of carbonyl (C=O) groups excluding carboxylic acids is 1. The van der Waals surface area contributed by atoms with Gasteiger partial charge in [0.15, 0.2) is 5.78 Å². The second kappa shape index (κ2) is 14.4. The third kappa shape index (κ3) is 8.10. The van der Waals surface area contributed by atoms with Gasteiger partial charge in [-0.1, -0.05) is 94.4 Å². The van der Waals surface area contributed by atoms with Gasteiger partial charge >= 0.3 is 5.97 Å². The molecule has 2 heterocycles. The second-order valence-electron chi connectivity index (χ2n) is 12.9. The molecule has 2 N–H and O–H groups in total. The Labute approximate surface area is 266 Å². The average Bonchev–Trinajstić information content (AvgIpc) is 3.38. The molecule has 5 aromatic rings. The molecule has 0 fully saturated rings. The summed E-state index contributed by atoms with van der Waals surface area (Å²) in [6, 6.07) is 33.1. The zero-order valence-corrected chi connectivity index (χ0v) is 26.8. The number of pyridine rings is 1. The smallest absolute Gasteiger partial charge is 0.303 e. The fourth-order valence-corrected chi connectivity index (χ4v) is 6.09. The third-order valence-corrected chi connectivity index (χ3v) is 8.17. The van der Waals surface area contributed by atoms with Crippen molar-refractivity contribution >= 4 is 23.0 Å². The van der Waals surface area contributed by atoms with Crippen LogP contribution < -0.4 is 5.32 Å². The Morgan fingerprint density at radius 3 is 1.96 bits per heavy atom. The normalized spacial score (nSPS) is 11.5. The van der Waals surface area contributed by atoms with Gasteiger partial charge in [0.1, 0.15) is 0 Å². The first kappa shape index (κ1) is 31.8. The maximum absolute atomic E-state index is 13.9. The topological polar surface area (TPSA) is 70.8 Å². The van der Waals surface area contributed by atoms with Crippen molar-refractivity contribution < 1.29 is 14.7 Å². The molecule has 0 saturated heterocycles. The Morgan fingerprint density at radius 2 is 1.38 bits per heavy atom. The molecule has 0 saturated carbocycles.